The van der Waals surface area contributed by atoms with E-state index in [1.54, 1.807) is 12.1 Å². The van der Waals surface area contributed by atoms with Gasteiger partial charge in [0.25, 0.3) is 5.91 Å². The van der Waals surface area contributed by atoms with Crippen LogP contribution in [0.1, 0.15) is 36.7 Å². The summed E-state index contributed by atoms with van der Waals surface area (Å²) in [4.78, 5) is 19.9. The SMILES string of the molecule is CNC(=O)c1ccc(N2CCC(N3CCC(C)C3)CC2)c(F)n1. The van der Waals surface area contributed by atoms with Crippen molar-refractivity contribution < 1.29 is 9.18 Å². The number of amides is 1. The van der Waals surface area contributed by atoms with Gasteiger partial charge in [-0.25, -0.2) is 4.98 Å². The summed E-state index contributed by atoms with van der Waals surface area (Å²) in [6.45, 7) is 6.38. The number of halogens is 1. The van der Waals surface area contributed by atoms with Crippen molar-refractivity contribution in [2.75, 3.05) is 38.1 Å². The fourth-order valence-corrected chi connectivity index (χ4v) is 3.69. The maximum Gasteiger partial charge on any atom is 0.269 e. The molecule has 1 aromatic heterocycles. The van der Waals surface area contributed by atoms with Crippen molar-refractivity contribution in [2.24, 2.45) is 5.92 Å². The highest BCUT2D eigenvalue weighted by atomic mass is 19.1. The van der Waals surface area contributed by atoms with Crippen molar-refractivity contribution >= 4 is 11.6 Å². The second-order valence-corrected chi connectivity index (χ2v) is 6.69. The smallest absolute Gasteiger partial charge is 0.269 e. The predicted molar refractivity (Wildman–Crippen MR) is 88.2 cm³/mol. The number of anilines is 1. The number of hydrogen-bond acceptors (Lipinski definition) is 4. The van der Waals surface area contributed by atoms with Crippen LogP contribution in [0.3, 0.4) is 0 Å². The number of piperidine rings is 1. The summed E-state index contributed by atoms with van der Waals surface area (Å²) in [5, 5.41) is 2.46. The Bertz CT molecular complexity index is 572. The average Bonchev–Trinajstić information content (AvgIpc) is 3.00. The number of nitrogens with zero attached hydrogens (tertiary/aromatic N) is 3. The van der Waals surface area contributed by atoms with Gasteiger partial charge in [-0.2, -0.15) is 4.39 Å². The molecule has 0 aromatic carbocycles. The highest BCUT2D eigenvalue weighted by Gasteiger charge is 2.29. The first-order chi connectivity index (χ1) is 11.1. The average molecular weight is 320 g/mol. The van der Waals surface area contributed by atoms with Crippen LogP contribution in [0.25, 0.3) is 0 Å². The Morgan fingerprint density at radius 1 is 1.26 bits per heavy atom. The van der Waals surface area contributed by atoms with Crippen LogP contribution in [0.2, 0.25) is 0 Å². The molecule has 2 aliphatic rings. The van der Waals surface area contributed by atoms with Crippen LogP contribution in [0, 0.1) is 11.9 Å². The van der Waals surface area contributed by atoms with Crippen molar-refractivity contribution in [3.8, 4) is 0 Å². The van der Waals surface area contributed by atoms with Gasteiger partial charge in [-0.05, 0) is 43.9 Å². The number of rotatable bonds is 3. The summed E-state index contributed by atoms with van der Waals surface area (Å²) < 4.78 is 14.2. The Kier molecular flexibility index (Phi) is 4.80. The van der Waals surface area contributed by atoms with Gasteiger partial charge in [0.2, 0.25) is 5.95 Å². The van der Waals surface area contributed by atoms with Gasteiger partial charge in [-0.1, -0.05) is 6.92 Å². The molecule has 1 atom stereocenters. The van der Waals surface area contributed by atoms with E-state index in [0.29, 0.717) is 11.7 Å². The van der Waals surface area contributed by atoms with E-state index in [2.05, 4.69) is 22.1 Å². The van der Waals surface area contributed by atoms with Crippen molar-refractivity contribution in [1.29, 1.82) is 0 Å². The predicted octanol–water partition coefficient (Wildman–Crippen LogP) is 1.89. The van der Waals surface area contributed by atoms with Crippen LogP contribution in [-0.2, 0) is 0 Å². The van der Waals surface area contributed by atoms with Crippen LogP contribution in [-0.4, -0.2) is 55.1 Å². The normalized spacial score (nSPS) is 23.3. The first kappa shape index (κ1) is 16.2. The minimum atomic E-state index is -0.556. The van der Waals surface area contributed by atoms with Gasteiger partial charge in [0.05, 0.1) is 5.69 Å². The Morgan fingerprint density at radius 2 is 2.00 bits per heavy atom. The number of hydrogen-bond donors (Lipinski definition) is 1. The number of likely N-dealkylation sites (tertiary alicyclic amines) is 1. The first-order valence-corrected chi connectivity index (χ1v) is 8.46. The lowest BCUT2D eigenvalue weighted by atomic mass is 10.0. The Morgan fingerprint density at radius 3 is 2.57 bits per heavy atom. The van der Waals surface area contributed by atoms with E-state index < -0.39 is 5.95 Å². The minimum Gasteiger partial charge on any atom is -0.368 e. The Labute approximate surface area is 136 Å². The van der Waals surface area contributed by atoms with Crippen molar-refractivity contribution in [3.63, 3.8) is 0 Å². The molecule has 3 rings (SSSR count). The zero-order valence-electron chi connectivity index (χ0n) is 13.9. The van der Waals surface area contributed by atoms with Gasteiger partial charge < -0.3 is 10.2 Å². The highest BCUT2D eigenvalue weighted by molar-refractivity contribution is 5.92. The van der Waals surface area contributed by atoms with Gasteiger partial charge in [-0.15, -0.1) is 0 Å². The first-order valence-electron chi connectivity index (χ1n) is 8.46. The van der Waals surface area contributed by atoms with Crippen LogP contribution in [0.15, 0.2) is 12.1 Å². The van der Waals surface area contributed by atoms with Gasteiger partial charge in [-0.3, -0.25) is 9.69 Å². The van der Waals surface area contributed by atoms with E-state index in [0.717, 1.165) is 31.8 Å². The molecule has 0 saturated carbocycles. The second-order valence-electron chi connectivity index (χ2n) is 6.69. The molecule has 3 heterocycles. The molecule has 2 saturated heterocycles. The van der Waals surface area contributed by atoms with E-state index in [-0.39, 0.29) is 11.6 Å². The maximum atomic E-state index is 14.2. The van der Waals surface area contributed by atoms with E-state index in [1.165, 1.54) is 26.6 Å². The lowest BCUT2D eigenvalue weighted by Crippen LogP contribution is -2.44. The van der Waals surface area contributed by atoms with Crippen LogP contribution in [0.4, 0.5) is 10.1 Å². The third-order valence-electron chi connectivity index (χ3n) is 5.07. The standard InChI is InChI=1S/C17H25FN4O/c1-12-5-8-22(11-12)13-6-9-21(10-7-13)15-4-3-14(17(23)19-2)20-16(15)18/h3-4,12-13H,5-11H2,1-2H3,(H,19,23). The molecule has 6 heteroatoms. The summed E-state index contributed by atoms with van der Waals surface area (Å²) in [5.74, 6) is -0.122. The van der Waals surface area contributed by atoms with E-state index >= 15 is 0 Å². The third-order valence-corrected chi connectivity index (χ3v) is 5.07. The number of nitrogens with one attached hydrogen (secondary N) is 1. The number of aromatic nitrogens is 1. The fourth-order valence-electron chi connectivity index (χ4n) is 3.69. The topological polar surface area (TPSA) is 48.5 Å². The van der Waals surface area contributed by atoms with Crippen molar-refractivity contribution in [3.05, 3.63) is 23.8 Å². The van der Waals surface area contributed by atoms with Crippen molar-refractivity contribution in [2.45, 2.75) is 32.2 Å². The number of pyridine rings is 1. The summed E-state index contributed by atoms with van der Waals surface area (Å²) in [7, 11) is 1.51. The number of carbonyl (C=O) groups excluding carboxylic acids is 1. The molecule has 5 nitrogen and oxygen atoms in total. The zero-order chi connectivity index (χ0) is 16.4. The van der Waals surface area contributed by atoms with Gasteiger partial charge in [0, 0.05) is 32.7 Å². The van der Waals surface area contributed by atoms with Crippen molar-refractivity contribution in [1.82, 2.24) is 15.2 Å². The molecule has 1 aromatic rings. The Hall–Kier alpha value is -1.69. The highest BCUT2D eigenvalue weighted by Crippen LogP contribution is 2.27. The molecule has 0 radical (unpaired) electrons. The maximum absolute atomic E-state index is 14.2. The molecule has 1 N–H and O–H groups in total. The van der Waals surface area contributed by atoms with Gasteiger partial charge in [0.1, 0.15) is 5.69 Å². The third kappa shape index (κ3) is 3.47. The summed E-state index contributed by atoms with van der Waals surface area (Å²) in [6, 6.07) is 3.88. The van der Waals surface area contributed by atoms with Crippen LogP contribution in [0.5, 0.6) is 0 Å². The minimum absolute atomic E-state index is 0.120. The second kappa shape index (κ2) is 6.83. The monoisotopic (exact) mass is 320 g/mol. The van der Waals surface area contributed by atoms with Gasteiger partial charge in [0.15, 0.2) is 0 Å². The lowest BCUT2D eigenvalue weighted by molar-refractivity contribution is 0.0957. The molecule has 2 aliphatic heterocycles. The summed E-state index contributed by atoms with van der Waals surface area (Å²) >= 11 is 0. The van der Waals surface area contributed by atoms with Crippen LogP contribution < -0.4 is 10.2 Å². The molecule has 1 amide bonds. The molecular formula is C17H25FN4O. The van der Waals surface area contributed by atoms with E-state index in [9.17, 15) is 9.18 Å². The molecule has 0 aliphatic carbocycles. The summed E-state index contributed by atoms with van der Waals surface area (Å²) in [5.41, 5.74) is 0.626. The van der Waals surface area contributed by atoms with E-state index in [4.69, 9.17) is 0 Å². The molecule has 23 heavy (non-hydrogen) atoms. The molecule has 0 bridgehead atoms. The fraction of sp³-hybridized carbons (Fsp3) is 0.647. The Balaban J connectivity index is 1.62. The molecular weight excluding hydrogens is 295 g/mol. The molecule has 1 unspecified atom stereocenters. The van der Waals surface area contributed by atoms with Crippen LogP contribution >= 0.6 is 0 Å². The molecule has 2 fully saturated rings. The molecule has 126 valence electrons. The zero-order valence-corrected chi connectivity index (χ0v) is 13.9. The quantitative estimate of drug-likeness (QED) is 0.864. The lowest BCUT2D eigenvalue weighted by Gasteiger charge is -2.37. The number of carbonyl (C=O) groups is 1. The largest absolute Gasteiger partial charge is 0.368 e. The van der Waals surface area contributed by atoms with Gasteiger partial charge >= 0.3 is 0 Å². The molecule has 0 spiro atoms. The summed E-state index contributed by atoms with van der Waals surface area (Å²) in [6.07, 6.45) is 3.41. The van der Waals surface area contributed by atoms with E-state index in [1.807, 2.05) is 4.90 Å².